The number of ether oxygens (including phenoxy) is 1. The lowest BCUT2D eigenvalue weighted by atomic mass is 9.80. The van der Waals surface area contributed by atoms with Crippen molar-refractivity contribution < 1.29 is 23.1 Å². The van der Waals surface area contributed by atoms with Crippen LogP contribution in [0.15, 0.2) is 34.8 Å². The molecule has 2 N–H and O–H groups in total. The van der Waals surface area contributed by atoms with Gasteiger partial charge in [0.15, 0.2) is 17.3 Å². The maximum Gasteiger partial charge on any atom is 0.265 e. The average molecular weight is 446 g/mol. The summed E-state index contributed by atoms with van der Waals surface area (Å²) in [5.74, 6) is -2.63. The van der Waals surface area contributed by atoms with Gasteiger partial charge in [0.1, 0.15) is 11.0 Å². The third-order valence-corrected chi connectivity index (χ3v) is 7.84. The topological polar surface area (TPSA) is 88.8 Å². The summed E-state index contributed by atoms with van der Waals surface area (Å²) in [4.78, 5) is 28.3. The van der Waals surface area contributed by atoms with E-state index in [4.69, 9.17) is 10.5 Å². The molecule has 1 fully saturated rings. The van der Waals surface area contributed by atoms with Gasteiger partial charge in [-0.1, -0.05) is 13.0 Å². The minimum atomic E-state index is -0.762. The number of carbonyl (C=O) groups is 2. The van der Waals surface area contributed by atoms with E-state index in [-0.39, 0.29) is 42.2 Å². The Hall–Kier alpha value is -2.59. The van der Waals surface area contributed by atoms with Gasteiger partial charge in [-0.05, 0) is 30.3 Å². The second kappa shape index (κ2) is 6.46. The number of carbonyl (C=O) groups excluding carboxylic acids is 2. The molecule has 1 aromatic rings. The van der Waals surface area contributed by atoms with Crippen molar-refractivity contribution in [1.82, 2.24) is 9.27 Å². The predicted octanol–water partition coefficient (Wildman–Crippen LogP) is 2.16. The number of hydrogen-bond acceptors (Lipinski definition) is 8. The van der Waals surface area contributed by atoms with Crippen LogP contribution >= 0.6 is 11.5 Å². The van der Waals surface area contributed by atoms with Gasteiger partial charge in [-0.3, -0.25) is 9.59 Å². The van der Waals surface area contributed by atoms with Crippen LogP contribution in [0.3, 0.4) is 0 Å². The van der Waals surface area contributed by atoms with Crippen LogP contribution < -0.4 is 10.6 Å². The molecule has 5 aliphatic rings. The standard InChI is InChI=1S/C21H20F2N4O3S/c1-8-6-26(7-11(8)24)13-5-9-4-10-20(23)25-31-21(10)27-12-2-3-14(28)17(29)18(12)30-19(15(13)22)16(9)27/h5,8-9,11,16H,2-4,6-7,24H2,1H3. The van der Waals surface area contributed by atoms with Crippen molar-refractivity contribution in [2.45, 2.75) is 38.3 Å². The molecule has 1 saturated heterocycles. The molecule has 2 aliphatic carbocycles. The Balaban J connectivity index is 1.54. The number of Topliss-reactive ketones (excluding diaryl/α,β-unsaturated/α-hetero) is 2. The Morgan fingerprint density at radius 2 is 2.06 bits per heavy atom. The molecule has 6 rings (SSSR count). The van der Waals surface area contributed by atoms with Crippen LogP contribution in [-0.4, -0.2) is 46.0 Å². The zero-order valence-corrected chi connectivity index (χ0v) is 17.5. The van der Waals surface area contributed by atoms with Crippen LogP contribution in [0, 0.1) is 17.8 Å². The number of hydrogen-bond donors (Lipinski definition) is 1. The third-order valence-electron chi connectivity index (χ3n) is 6.97. The lowest BCUT2D eigenvalue weighted by Crippen LogP contribution is -2.52. The van der Waals surface area contributed by atoms with E-state index in [0.29, 0.717) is 41.5 Å². The highest BCUT2D eigenvalue weighted by Crippen LogP contribution is 2.52. The molecule has 0 aromatic carbocycles. The molecule has 1 aromatic heterocycles. The number of fused-ring (bicyclic) bond motifs is 3. The molecule has 0 amide bonds. The highest BCUT2D eigenvalue weighted by molar-refractivity contribution is 7.10. The van der Waals surface area contributed by atoms with Crippen molar-refractivity contribution in [2.24, 2.45) is 17.6 Å². The molecule has 4 heterocycles. The number of allylic oxidation sites excluding steroid dienone is 3. The monoisotopic (exact) mass is 446 g/mol. The minimum Gasteiger partial charge on any atom is -0.450 e. The van der Waals surface area contributed by atoms with E-state index in [9.17, 15) is 14.0 Å². The second-order valence-electron chi connectivity index (χ2n) is 8.85. The van der Waals surface area contributed by atoms with E-state index in [2.05, 4.69) is 4.37 Å². The SMILES string of the molecule is CC1CN(C2=CC3Cc4c(F)nsc4N4C5=C(OC(=C2F)C34)C(=O)C(=O)CC5)CC1N. The van der Waals surface area contributed by atoms with Crippen LogP contribution in [0.4, 0.5) is 13.8 Å². The van der Waals surface area contributed by atoms with Gasteiger partial charge >= 0.3 is 0 Å². The van der Waals surface area contributed by atoms with Gasteiger partial charge in [-0.15, -0.1) is 0 Å². The van der Waals surface area contributed by atoms with Gasteiger partial charge < -0.3 is 20.3 Å². The highest BCUT2D eigenvalue weighted by Gasteiger charge is 2.52. The normalized spacial score (nSPS) is 32.1. The summed E-state index contributed by atoms with van der Waals surface area (Å²) in [6, 6.07) is -0.618. The third kappa shape index (κ3) is 2.54. The fourth-order valence-corrected chi connectivity index (χ4v) is 6.16. The molecule has 4 unspecified atom stereocenters. The molecule has 7 nitrogen and oxygen atoms in total. The summed E-state index contributed by atoms with van der Waals surface area (Å²) < 4.78 is 40.1. The van der Waals surface area contributed by atoms with Crippen molar-refractivity contribution in [3.63, 3.8) is 0 Å². The number of aromatic nitrogens is 1. The van der Waals surface area contributed by atoms with Crippen molar-refractivity contribution in [2.75, 3.05) is 18.0 Å². The summed E-state index contributed by atoms with van der Waals surface area (Å²) in [6.45, 7) is 3.11. The molecular weight excluding hydrogens is 426 g/mol. The number of rotatable bonds is 1. The van der Waals surface area contributed by atoms with E-state index in [1.165, 1.54) is 0 Å². The Labute approximate surface area is 181 Å². The summed E-state index contributed by atoms with van der Waals surface area (Å²) in [5.41, 5.74) is 7.47. The first kappa shape index (κ1) is 19.1. The number of nitrogens with zero attached hydrogens (tertiary/aromatic N) is 3. The zero-order valence-electron chi connectivity index (χ0n) is 16.7. The maximum atomic E-state index is 15.8. The number of anilines is 1. The van der Waals surface area contributed by atoms with E-state index >= 15 is 4.39 Å². The molecule has 31 heavy (non-hydrogen) atoms. The van der Waals surface area contributed by atoms with Gasteiger partial charge in [-0.25, -0.2) is 4.39 Å². The Bertz CT molecular complexity index is 1130. The van der Waals surface area contributed by atoms with Crippen molar-refractivity contribution in [3.8, 4) is 0 Å². The summed E-state index contributed by atoms with van der Waals surface area (Å²) in [5, 5.41) is 0.552. The first-order valence-electron chi connectivity index (χ1n) is 10.4. The van der Waals surface area contributed by atoms with E-state index < -0.39 is 29.4 Å². The van der Waals surface area contributed by atoms with Crippen LogP contribution in [0.25, 0.3) is 0 Å². The summed E-state index contributed by atoms with van der Waals surface area (Å²) in [7, 11) is 0. The Morgan fingerprint density at radius 1 is 1.26 bits per heavy atom. The molecule has 4 atom stereocenters. The fraction of sp³-hybridized carbons (Fsp3) is 0.476. The average Bonchev–Trinajstić information content (AvgIpc) is 3.28. The van der Waals surface area contributed by atoms with Gasteiger partial charge in [0, 0.05) is 37.0 Å². The molecule has 10 heteroatoms. The second-order valence-corrected chi connectivity index (χ2v) is 9.60. The number of halogens is 2. The fourth-order valence-electron chi connectivity index (χ4n) is 5.29. The molecule has 0 saturated carbocycles. The Kier molecular flexibility index (Phi) is 3.98. The summed E-state index contributed by atoms with van der Waals surface area (Å²) >= 11 is 0.984. The maximum absolute atomic E-state index is 15.8. The molecule has 0 radical (unpaired) electrons. The first-order valence-corrected chi connectivity index (χ1v) is 11.2. The van der Waals surface area contributed by atoms with Crippen LogP contribution in [0.5, 0.6) is 0 Å². The van der Waals surface area contributed by atoms with Crippen LogP contribution in [-0.2, 0) is 20.7 Å². The zero-order chi connectivity index (χ0) is 21.6. The quantitative estimate of drug-likeness (QED) is 0.662. The number of likely N-dealkylation sites (tertiary alicyclic amines) is 1. The van der Waals surface area contributed by atoms with Crippen LogP contribution in [0.2, 0.25) is 0 Å². The molecule has 0 spiro atoms. The molecule has 0 bridgehead atoms. The molecule has 3 aliphatic heterocycles. The summed E-state index contributed by atoms with van der Waals surface area (Å²) in [6.07, 6.45) is 2.53. The Morgan fingerprint density at radius 3 is 2.81 bits per heavy atom. The first-order chi connectivity index (χ1) is 14.8. The largest absolute Gasteiger partial charge is 0.450 e. The highest BCUT2D eigenvalue weighted by atomic mass is 32.1. The van der Waals surface area contributed by atoms with E-state index in [1.54, 1.807) is 4.90 Å². The predicted molar refractivity (Wildman–Crippen MR) is 108 cm³/mol. The van der Waals surface area contributed by atoms with Crippen molar-refractivity contribution in [1.29, 1.82) is 0 Å². The molecule has 162 valence electrons. The number of nitrogens with two attached hydrogens (primary N) is 1. The van der Waals surface area contributed by atoms with E-state index in [1.807, 2.05) is 17.9 Å². The lowest BCUT2D eigenvalue weighted by molar-refractivity contribution is -0.137. The minimum absolute atomic E-state index is 0.0110. The smallest absolute Gasteiger partial charge is 0.265 e. The van der Waals surface area contributed by atoms with Gasteiger partial charge in [0.25, 0.3) is 5.78 Å². The number of ketones is 2. The van der Waals surface area contributed by atoms with Gasteiger partial charge in [0.05, 0.1) is 11.4 Å². The van der Waals surface area contributed by atoms with Gasteiger partial charge in [0.2, 0.25) is 11.7 Å². The van der Waals surface area contributed by atoms with Crippen molar-refractivity contribution >= 4 is 28.1 Å². The van der Waals surface area contributed by atoms with Crippen molar-refractivity contribution in [3.05, 3.63) is 46.3 Å². The van der Waals surface area contributed by atoms with Gasteiger partial charge in [-0.2, -0.15) is 8.76 Å². The van der Waals surface area contributed by atoms with E-state index in [0.717, 1.165) is 11.5 Å². The van der Waals surface area contributed by atoms with Crippen LogP contribution in [0.1, 0.15) is 25.3 Å². The lowest BCUT2D eigenvalue weighted by Gasteiger charge is -2.48. The molecular formula is C21H20F2N4O3S.